The van der Waals surface area contributed by atoms with E-state index in [1.54, 1.807) is 35.1 Å². The summed E-state index contributed by atoms with van der Waals surface area (Å²) < 4.78 is 9.39. The molecule has 2 aromatic carbocycles. The normalized spacial score (nSPS) is 11.0. The Morgan fingerprint density at radius 3 is 2.71 bits per heavy atom. The molecule has 8 heteroatoms. The van der Waals surface area contributed by atoms with Gasteiger partial charge >= 0.3 is 5.76 Å². The molecule has 142 valence electrons. The monoisotopic (exact) mass is 440 g/mol. The molecule has 0 saturated carbocycles. The number of para-hydroxylation sites is 2. The Hall–Kier alpha value is -3.13. The quantitative estimate of drug-likeness (QED) is 0.496. The number of hydrogen-bond acceptors (Lipinski definition) is 4. The van der Waals surface area contributed by atoms with Gasteiger partial charge in [-0.1, -0.05) is 40.2 Å². The molecule has 0 atom stereocenters. The van der Waals surface area contributed by atoms with Crippen molar-refractivity contribution in [1.29, 1.82) is 0 Å². The summed E-state index contributed by atoms with van der Waals surface area (Å²) in [5.41, 5.74) is 2.26. The van der Waals surface area contributed by atoms with Crippen LogP contribution in [-0.4, -0.2) is 20.3 Å². The lowest BCUT2D eigenvalue weighted by Crippen LogP contribution is -2.21. The number of rotatable bonds is 6. The highest BCUT2D eigenvalue weighted by Gasteiger charge is 2.12. The van der Waals surface area contributed by atoms with E-state index in [-0.39, 0.29) is 18.9 Å². The predicted molar refractivity (Wildman–Crippen MR) is 109 cm³/mol. The number of amides is 1. The third-order valence-corrected chi connectivity index (χ3v) is 4.89. The number of halogens is 1. The average Bonchev–Trinajstić information content (AvgIpc) is 3.25. The second kappa shape index (κ2) is 7.85. The van der Waals surface area contributed by atoms with E-state index in [1.165, 1.54) is 4.57 Å². The summed E-state index contributed by atoms with van der Waals surface area (Å²) in [6, 6.07) is 16.8. The minimum absolute atomic E-state index is 0.146. The lowest BCUT2D eigenvalue weighted by molar-refractivity contribution is -0.116. The number of carbonyl (C=O) groups excluding carboxylic acids is 1. The fraction of sp³-hybridized carbons (Fsp3) is 0.150. The summed E-state index contributed by atoms with van der Waals surface area (Å²) in [7, 11) is 0. The number of oxazole rings is 1. The summed E-state index contributed by atoms with van der Waals surface area (Å²) in [5.74, 6) is -0.0543. The number of nitrogens with one attached hydrogen (secondary N) is 1. The van der Waals surface area contributed by atoms with Crippen molar-refractivity contribution in [2.45, 2.75) is 19.5 Å². The molecule has 2 aromatic heterocycles. The average molecular weight is 441 g/mol. The summed E-state index contributed by atoms with van der Waals surface area (Å²) in [4.78, 5) is 24.4. The van der Waals surface area contributed by atoms with Crippen LogP contribution in [0.15, 0.2) is 74.5 Å². The van der Waals surface area contributed by atoms with Crippen molar-refractivity contribution in [3.63, 3.8) is 0 Å². The Morgan fingerprint density at radius 2 is 1.89 bits per heavy atom. The molecule has 1 amide bonds. The highest BCUT2D eigenvalue weighted by Crippen LogP contribution is 2.15. The van der Waals surface area contributed by atoms with Gasteiger partial charge < -0.3 is 9.73 Å². The Bertz CT molecular complexity index is 1170. The number of nitrogens with zero attached hydrogens (tertiary/aromatic N) is 3. The molecule has 0 aliphatic rings. The molecular formula is C20H17BrN4O3. The standard InChI is InChI=1S/C20H17BrN4O3/c21-15-7-5-14(6-8-15)13-25-18(9-11-22-25)23-19(26)10-12-24-16-3-1-2-4-17(16)28-20(24)27/h1-9,11H,10,12-13H2,(H,23,26). The topological polar surface area (TPSA) is 82.1 Å². The fourth-order valence-corrected chi connectivity index (χ4v) is 3.24. The van der Waals surface area contributed by atoms with Crippen molar-refractivity contribution >= 4 is 38.8 Å². The second-order valence-electron chi connectivity index (χ2n) is 6.29. The molecule has 0 bridgehead atoms. The molecule has 0 radical (unpaired) electrons. The van der Waals surface area contributed by atoms with Crippen LogP contribution in [0.1, 0.15) is 12.0 Å². The third kappa shape index (κ3) is 3.91. The van der Waals surface area contributed by atoms with Crippen molar-refractivity contribution in [3.8, 4) is 0 Å². The van der Waals surface area contributed by atoms with Crippen LogP contribution in [0.5, 0.6) is 0 Å². The van der Waals surface area contributed by atoms with Crippen LogP contribution < -0.4 is 11.1 Å². The van der Waals surface area contributed by atoms with E-state index in [2.05, 4.69) is 26.3 Å². The van der Waals surface area contributed by atoms with Gasteiger partial charge in [-0.3, -0.25) is 9.36 Å². The smallest absolute Gasteiger partial charge is 0.408 e. The first-order valence-corrected chi connectivity index (χ1v) is 9.54. The zero-order chi connectivity index (χ0) is 19.5. The number of benzene rings is 2. The largest absolute Gasteiger partial charge is 0.419 e. The zero-order valence-electron chi connectivity index (χ0n) is 14.8. The van der Waals surface area contributed by atoms with Gasteiger partial charge in [0.05, 0.1) is 18.3 Å². The van der Waals surface area contributed by atoms with E-state index in [1.807, 2.05) is 30.3 Å². The molecule has 0 saturated heterocycles. The maximum absolute atomic E-state index is 12.4. The number of fused-ring (bicyclic) bond motifs is 1. The van der Waals surface area contributed by atoms with Crippen LogP contribution in [0.3, 0.4) is 0 Å². The van der Waals surface area contributed by atoms with Gasteiger partial charge in [-0.15, -0.1) is 0 Å². The number of aromatic nitrogens is 3. The van der Waals surface area contributed by atoms with E-state index in [4.69, 9.17) is 4.42 Å². The van der Waals surface area contributed by atoms with Crippen molar-refractivity contribution in [3.05, 3.63) is 81.4 Å². The minimum atomic E-state index is -0.464. The van der Waals surface area contributed by atoms with Crippen molar-refractivity contribution in [1.82, 2.24) is 14.3 Å². The van der Waals surface area contributed by atoms with Crippen molar-refractivity contribution in [2.75, 3.05) is 5.32 Å². The number of aryl methyl sites for hydroxylation is 1. The summed E-state index contributed by atoms with van der Waals surface area (Å²) >= 11 is 3.41. The summed E-state index contributed by atoms with van der Waals surface area (Å²) in [5, 5.41) is 7.13. The molecule has 0 aliphatic heterocycles. The van der Waals surface area contributed by atoms with Gasteiger partial charge in [-0.25, -0.2) is 9.48 Å². The van der Waals surface area contributed by atoms with E-state index < -0.39 is 5.76 Å². The summed E-state index contributed by atoms with van der Waals surface area (Å²) in [6.07, 6.45) is 1.79. The van der Waals surface area contributed by atoms with Crippen LogP contribution >= 0.6 is 15.9 Å². The Balaban J connectivity index is 1.42. The number of hydrogen-bond donors (Lipinski definition) is 1. The first-order chi connectivity index (χ1) is 13.6. The SMILES string of the molecule is O=C(CCn1c(=O)oc2ccccc21)Nc1ccnn1Cc1ccc(Br)cc1. The Kier molecular flexibility index (Phi) is 5.12. The first kappa shape index (κ1) is 18.2. The first-order valence-electron chi connectivity index (χ1n) is 8.74. The van der Waals surface area contributed by atoms with Gasteiger partial charge in [0, 0.05) is 23.5 Å². The van der Waals surface area contributed by atoms with Crippen molar-refractivity contribution in [2.24, 2.45) is 0 Å². The molecule has 7 nitrogen and oxygen atoms in total. The third-order valence-electron chi connectivity index (χ3n) is 4.37. The van der Waals surface area contributed by atoms with Gasteiger partial charge in [-0.05, 0) is 29.8 Å². The highest BCUT2D eigenvalue weighted by molar-refractivity contribution is 9.10. The molecule has 0 spiro atoms. The van der Waals surface area contributed by atoms with Gasteiger partial charge in [0.2, 0.25) is 5.91 Å². The number of anilines is 1. The molecule has 0 aliphatic carbocycles. The van der Waals surface area contributed by atoms with Crippen LogP contribution in [0.2, 0.25) is 0 Å². The van der Waals surface area contributed by atoms with Gasteiger partial charge in [0.1, 0.15) is 5.82 Å². The summed E-state index contributed by atoms with van der Waals surface area (Å²) in [6.45, 7) is 0.782. The maximum Gasteiger partial charge on any atom is 0.419 e. The second-order valence-corrected chi connectivity index (χ2v) is 7.20. The Labute approximate surface area is 168 Å². The fourth-order valence-electron chi connectivity index (χ4n) is 2.97. The molecule has 4 rings (SSSR count). The maximum atomic E-state index is 12.4. The van der Waals surface area contributed by atoms with Crippen LogP contribution in [0, 0.1) is 0 Å². The van der Waals surface area contributed by atoms with E-state index in [9.17, 15) is 9.59 Å². The molecule has 2 heterocycles. The zero-order valence-corrected chi connectivity index (χ0v) is 16.4. The van der Waals surface area contributed by atoms with Crippen LogP contribution in [0.25, 0.3) is 11.1 Å². The van der Waals surface area contributed by atoms with Gasteiger partial charge in [0.15, 0.2) is 5.58 Å². The Morgan fingerprint density at radius 1 is 1.11 bits per heavy atom. The van der Waals surface area contributed by atoms with E-state index in [0.717, 1.165) is 10.0 Å². The lowest BCUT2D eigenvalue weighted by atomic mass is 10.2. The molecular weight excluding hydrogens is 424 g/mol. The highest BCUT2D eigenvalue weighted by atomic mass is 79.9. The van der Waals surface area contributed by atoms with Gasteiger partial charge in [-0.2, -0.15) is 5.10 Å². The van der Waals surface area contributed by atoms with E-state index >= 15 is 0 Å². The number of carbonyl (C=O) groups is 1. The van der Waals surface area contributed by atoms with Gasteiger partial charge in [0.25, 0.3) is 0 Å². The molecule has 1 N–H and O–H groups in total. The van der Waals surface area contributed by atoms with E-state index in [0.29, 0.717) is 23.5 Å². The molecule has 4 aromatic rings. The predicted octanol–water partition coefficient (Wildman–Crippen LogP) is 3.63. The minimum Gasteiger partial charge on any atom is -0.408 e. The van der Waals surface area contributed by atoms with Crippen LogP contribution in [-0.2, 0) is 17.9 Å². The van der Waals surface area contributed by atoms with Crippen LogP contribution in [0.4, 0.5) is 5.82 Å². The molecule has 0 unspecified atom stereocenters. The molecule has 28 heavy (non-hydrogen) atoms. The lowest BCUT2D eigenvalue weighted by Gasteiger charge is -2.09. The van der Waals surface area contributed by atoms with Crippen molar-refractivity contribution < 1.29 is 9.21 Å². The molecule has 0 fully saturated rings.